The Morgan fingerprint density at radius 2 is 1.88 bits per heavy atom. The van der Waals surface area contributed by atoms with Gasteiger partial charge < -0.3 is 15.4 Å². The van der Waals surface area contributed by atoms with Gasteiger partial charge in [0.05, 0.1) is 6.20 Å². The van der Waals surface area contributed by atoms with Crippen molar-refractivity contribution in [2.75, 3.05) is 18.4 Å². The molecule has 0 radical (unpaired) electrons. The molecule has 1 saturated heterocycles. The van der Waals surface area contributed by atoms with Crippen LogP contribution < -0.4 is 15.4 Å². The van der Waals surface area contributed by atoms with Crippen molar-refractivity contribution in [1.29, 1.82) is 0 Å². The van der Waals surface area contributed by atoms with Gasteiger partial charge >= 0.3 is 0 Å². The number of amides is 1. The maximum atomic E-state index is 12.6. The Balaban J connectivity index is 0.00000121. The van der Waals surface area contributed by atoms with E-state index in [1.807, 2.05) is 30.3 Å². The zero-order valence-corrected chi connectivity index (χ0v) is 15.9. The molecule has 0 bridgehead atoms. The predicted molar refractivity (Wildman–Crippen MR) is 107 cm³/mol. The number of carbonyl (C=O) groups excluding carboxylic acids is 1. The molecule has 5 nitrogen and oxygen atoms in total. The summed E-state index contributed by atoms with van der Waals surface area (Å²) in [6.07, 6.45) is 6.49. The average molecular weight is 396 g/mol. The normalized spacial score (nSPS) is 19.6. The van der Waals surface area contributed by atoms with Crippen molar-refractivity contribution in [3.63, 3.8) is 0 Å². The lowest BCUT2D eigenvalue weighted by Gasteiger charge is -2.23. The summed E-state index contributed by atoms with van der Waals surface area (Å²) >= 11 is 0. The molecule has 2 heterocycles. The summed E-state index contributed by atoms with van der Waals surface area (Å²) in [6.45, 7) is 2.03. The van der Waals surface area contributed by atoms with Gasteiger partial charge in [0.2, 0.25) is 5.91 Å². The molecule has 1 aromatic carbocycles. The second kappa shape index (κ2) is 8.71. The molecule has 1 spiro atoms. The Kier molecular flexibility index (Phi) is 6.87. The molecule has 1 atom stereocenters. The molecule has 7 heteroatoms. The monoisotopic (exact) mass is 395 g/mol. The van der Waals surface area contributed by atoms with Gasteiger partial charge in [0.15, 0.2) is 5.75 Å². The van der Waals surface area contributed by atoms with Gasteiger partial charge in [-0.3, -0.25) is 9.78 Å². The van der Waals surface area contributed by atoms with Crippen LogP contribution in [-0.2, 0) is 4.79 Å². The van der Waals surface area contributed by atoms with Crippen LogP contribution in [0.2, 0.25) is 0 Å². The molecule has 1 saturated carbocycles. The number of aromatic nitrogens is 1. The first-order valence-corrected chi connectivity index (χ1v) is 8.45. The number of ether oxygens (including phenoxy) is 1. The van der Waals surface area contributed by atoms with Crippen molar-refractivity contribution in [2.24, 2.45) is 11.3 Å². The summed E-state index contributed by atoms with van der Waals surface area (Å²) in [4.78, 5) is 16.8. The quantitative estimate of drug-likeness (QED) is 0.819. The van der Waals surface area contributed by atoms with Crippen LogP contribution >= 0.6 is 24.8 Å². The van der Waals surface area contributed by atoms with E-state index in [1.165, 1.54) is 0 Å². The third-order valence-corrected chi connectivity index (χ3v) is 5.12. The van der Waals surface area contributed by atoms with Gasteiger partial charge in [-0.2, -0.15) is 0 Å². The molecule has 2 aromatic rings. The number of para-hydroxylation sites is 1. The number of carbonyl (C=O) groups is 1. The zero-order valence-electron chi connectivity index (χ0n) is 14.3. The Labute approximate surface area is 165 Å². The lowest BCUT2D eigenvalue weighted by molar-refractivity contribution is -0.118. The van der Waals surface area contributed by atoms with Crippen molar-refractivity contribution >= 4 is 36.4 Å². The van der Waals surface area contributed by atoms with E-state index in [0.29, 0.717) is 11.4 Å². The van der Waals surface area contributed by atoms with Crippen molar-refractivity contribution in [3.8, 4) is 11.5 Å². The molecule has 2 N–H and O–H groups in total. The Bertz CT molecular complexity index is 737. The lowest BCUT2D eigenvalue weighted by atomic mass is 9.92. The largest absolute Gasteiger partial charge is 0.455 e. The third kappa shape index (κ3) is 4.29. The summed E-state index contributed by atoms with van der Waals surface area (Å²) in [5.41, 5.74) is 0.847. The first kappa shape index (κ1) is 20.5. The first-order valence-electron chi connectivity index (χ1n) is 8.45. The second-order valence-electron chi connectivity index (χ2n) is 6.65. The van der Waals surface area contributed by atoms with E-state index in [1.54, 1.807) is 18.5 Å². The van der Waals surface area contributed by atoms with E-state index >= 15 is 0 Å². The van der Waals surface area contributed by atoms with Crippen LogP contribution in [0, 0.1) is 11.3 Å². The van der Waals surface area contributed by atoms with Crippen LogP contribution in [0.25, 0.3) is 0 Å². The highest BCUT2D eigenvalue weighted by Gasteiger charge is 2.57. The van der Waals surface area contributed by atoms with E-state index in [4.69, 9.17) is 4.74 Å². The highest BCUT2D eigenvalue weighted by molar-refractivity contribution is 5.96. The third-order valence-electron chi connectivity index (χ3n) is 5.12. The molecule has 1 amide bonds. The number of rotatable bonds is 4. The molecule has 1 aliphatic heterocycles. The molecular weight excluding hydrogens is 373 g/mol. The van der Waals surface area contributed by atoms with Gasteiger partial charge in [-0.25, -0.2) is 0 Å². The zero-order chi connectivity index (χ0) is 16.4. The highest BCUT2D eigenvalue weighted by Crippen LogP contribution is 2.58. The summed E-state index contributed by atoms with van der Waals surface area (Å²) in [5.74, 6) is 1.55. The number of hydrogen-bond acceptors (Lipinski definition) is 4. The Hall–Kier alpha value is -1.82. The topological polar surface area (TPSA) is 63.2 Å². The molecule has 1 aliphatic carbocycles. The van der Waals surface area contributed by atoms with Crippen LogP contribution in [0.1, 0.15) is 19.3 Å². The minimum atomic E-state index is 0. The van der Waals surface area contributed by atoms with Crippen molar-refractivity contribution in [1.82, 2.24) is 10.3 Å². The number of pyridine rings is 1. The van der Waals surface area contributed by atoms with Gasteiger partial charge in [0, 0.05) is 18.2 Å². The minimum Gasteiger partial charge on any atom is -0.455 e. The van der Waals surface area contributed by atoms with Crippen molar-refractivity contribution < 1.29 is 9.53 Å². The number of nitrogens with zero attached hydrogens (tertiary/aromatic N) is 1. The van der Waals surface area contributed by atoms with Gasteiger partial charge in [0.25, 0.3) is 0 Å². The SMILES string of the molecule is Cl.Cl.O=C(Nc1cnccc1Oc1ccccc1)C1CC12CCNCC2. The molecule has 2 fully saturated rings. The van der Waals surface area contributed by atoms with E-state index < -0.39 is 0 Å². The smallest absolute Gasteiger partial charge is 0.228 e. The van der Waals surface area contributed by atoms with E-state index in [9.17, 15) is 4.79 Å². The van der Waals surface area contributed by atoms with Gasteiger partial charge in [-0.15, -0.1) is 24.8 Å². The van der Waals surface area contributed by atoms with E-state index in [0.717, 1.165) is 38.1 Å². The van der Waals surface area contributed by atoms with Crippen molar-refractivity contribution in [2.45, 2.75) is 19.3 Å². The van der Waals surface area contributed by atoms with Crippen LogP contribution in [-0.4, -0.2) is 24.0 Å². The van der Waals surface area contributed by atoms with Crippen molar-refractivity contribution in [3.05, 3.63) is 48.8 Å². The molecule has 140 valence electrons. The summed E-state index contributed by atoms with van der Waals surface area (Å²) in [7, 11) is 0. The maximum absolute atomic E-state index is 12.6. The van der Waals surface area contributed by atoms with Gasteiger partial charge in [0.1, 0.15) is 11.4 Å². The molecule has 1 aromatic heterocycles. The fourth-order valence-electron chi connectivity index (χ4n) is 3.60. The number of piperidine rings is 1. The molecule has 26 heavy (non-hydrogen) atoms. The molecule has 1 unspecified atom stereocenters. The Morgan fingerprint density at radius 1 is 1.15 bits per heavy atom. The molecule has 4 rings (SSSR count). The number of nitrogens with one attached hydrogen (secondary N) is 2. The van der Waals surface area contributed by atoms with Crippen LogP contribution in [0.4, 0.5) is 5.69 Å². The fraction of sp³-hybridized carbons (Fsp3) is 0.368. The lowest BCUT2D eigenvalue weighted by Crippen LogP contribution is -2.31. The molecule has 2 aliphatic rings. The number of hydrogen-bond donors (Lipinski definition) is 2. The standard InChI is InChI=1S/C19H21N3O2.2ClH/c23-18(15-12-19(15)7-10-20-11-8-19)22-16-13-21-9-6-17(16)24-14-4-2-1-3-5-14;;/h1-6,9,13,15,20H,7-8,10-12H2,(H,22,23);2*1H. The average Bonchev–Trinajstić information content (AvgIpc) is 3.31. The summed E-state index contributed by atoms with van der Waals surface area (Å²) in [5, 5.41) is 6.38. The fourth-order valence-corrected chi connectivity index (χ4v) is 3.60. The highest BCUT2D eigenvalue weighted by atomic mass is 35.5. The van der Waals surface area contributed by atoms with Gasteiger partial charge in [-0.1, -0.05) is 18.2 Å². The first-order chi connectivity index (χ1) is 11.8. The number of halogens is 2. The number of benzene rings is 1. The predicted octanol–water partition coefficient (Wildman–Crippen LogP) is 4.05. The van der Waals surface area contributed by atoms with Crippen LogP contribution in [0.15, 0.2) is 48.8 Å². The summed E-state index contributed by atoms with van der Waals surface area (Å²) in [6, 6.07) is 11.3. The molecular formula is C19H23Cl2N3O2. The van der Waals surface area contributed by atoms with Crippen LogP contribution in [0.5, 0.6) is 11.5 Å². The Morgan fingerprint density at radius 3 is 2.62 bits per heavy atom. The maximum Gasteiger partial charge on any atom is 0.228 e. The van der Waals surface area contributed by atoms with E-state index in [2.05, 4.69) is 15.6 Å². The minimum absolute atomic E-state index is 0. The van der Waals surface area contributed by atoms with E-state index in [-0.39, 0.29) is 42.1 Å². The van der Waals surface area contributed by atoms with Crippen LogP contribution in [0.3, 0.4) is 0 Å². The van der Waals surface area contributed by atoms with Gasteiger partial charge in [-0.05, 0) is 49.9 Å². The summed E-state index contributed by atoms with van der Waals surface area (Å²) < 4.78 is 5.88. The number of anilines is 1. The second-order valence-corrected chi connectivity index (χ2v) is 6.65.